The first-order chi connectivity index (χ1) is 17.0. The number of nitrogens with one attached hydrogen (secondary N) is 2. The molecule has 0 bridgehead atoms. The molecule has 0 aromatic heterocycles. The molecule has 1 fully saturated rings. The summed E-state index contributed by atoms with van der Waals surface area (Å²) in [6.07, 6.45) is 0.854. The highest BCUT2D eigenvalue weighted by Crippen LogP contribution is 2.44. The van der Waals surface area contributed by atoms with Crippen LogP contribution in [0, 0.1) is 5.92 Å². The SMILES string of the molecule is CCOC(CNC(=O)[C@@H]1CCC[C@@H]1NC(=O)OCC1c2ccccc2-c2ccccc21)CC(=O)O. The van der Waals surface area contributed by atoms with E-state index in [4.69, 9.17) is 14.6 Å². The molecule has 0 heterocycles. The molecule has 2 aromatic rings. The summed E-state index contributed by atoms with van der Waals surface area (Å²) in [5, 5.41) is 14.7. The summed E-state index contributed by atoms with van der Waals surface area (Å²) >= 11 is 0. The van der Waals surface area contributed by atoms with Gasteiger partial charge in [-0.2, -0.15) is 0 Å². The van der Waals surface area contributed by atoms with E-state index in [1.165, 1.54) is 0 Å². The fourth-order valence-electron chi connectivity index (χ4n) is 5.20. The van der Waals surface area contributed by atoms with Crippen molar-refractivity contribution in [2.24, 2.45) is 5.92 Å². The van der Waals surface area contributed by atoms with E-state index in [2.05, 4.69) is 34.9 Å². The number of amides is 2. The largest absolute Gasteiger partial charge is 0.481 e. The molecule has 2 aromatic carbocycles. The molecule has 0 aliphatic heterocycles. The summed E-state index contributed by atoms with van der Waals surface area (Å²) < 4.78 is 11.0. The highest BCUT2D eigenvalue weighted by Gasteiger charge is 2.35. The second-order valence-electron chi connectivity index (χ2n) is 9.03. The summed E-state index contributed by atoms with van der Waals surface area (Å²) in [5.41, 5.74) is 4.62. The lowest BCUT2D eigenvalue weighted by Gasteiger charge is -2.22. The van der Waals surface area contributed by atoms with Gasteiger partial charge < -0.3 is 25.2 Å². The van der Waals surface area contributed by atoms with Gasteiger partial charge in [0.05, 0.1) is 18.4 Å². The van der Waals surface area contributed by atoms with Crippen molar-refractivity contribution in [3.05, 3.63) is 59.7 Å². The van der Waals surface area contributed by atoms with E-state index < -0.39 is 18.2 Å². The lowest BCUT2D eigenvalue weighted by atomic mass is 9.98. The molecule has 1 saturated carbocycles. The topological polar surface area (TPSA) is 114 Å². The van der Waals surface area contributed by atoms with E-state index >= 15 is 0 Å². The molecular formula is C27H32N2O6. The van der Waals surface area contributed by atoms with Crippen molar-refractivity contribution in [3.8, 4) is 11.1 Å². The van der Waals surface area contributed by atoms with E-state index in [0.29, 0.717) is 19.4 Å². The summed E-state index contributed by atoms with van der Waals surface area (Å²) in [4.78, 5) is 36.4. The van der Waals surface area contributed by atoms with Crippen LogP contribution in [0.15, 0.2) is 48.5 Å². The van der Waals surface area contributed by atoms with Crippen LogP contribution in [-0.4, -0.2) is 55.0 Å². The van der Waals surface area contributed by atoms with E-state index in [9.17, 15) is 14.4 Å². The van der Waals surface area contributed by atoms with Crippen LogP contribution in [0.25, 0.3) is 11.1 Å². The third-order valence-electron chi connectivity index (χ3n) is 6.81. The third kappa shape index (κ3) is 5.82. The molecule has 2 aliphatic rings. The summed E-state index contributed by atoms with van der Waals surface area (Å²) in [5.74, 6) is -1.60. The fraction of sp³-hybridized carbons (Fsp3) is 0.444. The zero-order chi connectivity index (χ0) is 24.8. The zero-order valence-electron chi connectivity index (χ0n) is 19.9. The van der Waals surface area contributed by atoms with Gasteiger partial charge in [0.2, 0.25) is 5.91 Å². The van der Waals surface area contributed by atoms with Crippen LogP contribution >= 0.6 is 0 Å². The van der Waals surface area contributed by atoms with Crippen molar-refractivity contribution >= 4 is 18.0 Å². The van der Waals surface area contributed by atoms with Gasteiger partial charge in [0.25, 0.3) is 0 Å². The Morgan fingerprint density at radius 3 is 2.31 bits per heavy atom. The molecule has 2 aliphatic carbocycles. The number of hydrogen-bond acceptors (Lipinski definition) is 5. The van der Waals surface area contributed by atoms with Gasteiger partial charge in [0.15, 0.2) is 0 Å². The minimum Gasteiger partial charge on any atom is -0.481 e. The van der Waals surface area contributed by atoms with Gasteiger partial charge in [-0.25, -0.2) is 4.79 Å². The standard InChI is InChI=1S/C27H32N2O6/c1-2-34-17(14-25(30)31)15-28-26(32)22-12-7-13-24(22)29-27(33)35-16-23-20-10-5-3-8-18(20)19-9-4-6-11-21(19)23/h3-6,8-11,17,22-24H,2,7,12-16H2,1H3,(H,28,32)(H,29,33)(H,30,31)/t17?,22-,24+/m1/s1. The van der Waals surface area contributed by atoms with E-state index in [1.807, 2.05) is 24.3 Å². The molecule has 0 radical (unpaired) electrons. The average Bonchev–Trinajstić information content (AvgIpc) is 3.43. The van der Waals surface area contributed by atoms with Crippen molar-refractivity contribution in [1.82, 2.24) is 10.6 Å². The van der Waals surface area contributed by atoms with Gasteiger partial charge in [0.1, 0.15) is 6.61 Å². The Balaban J connectivity index is 1.31. The minimum absolute atomic E-state index is 0.0273. The van der Waals surface area contributed by atoms with Gasteiger partial charge in [-0.3, -0.25) is 9.59 Å². The van der Waals surface area contributed by atoms with Gasteiger partial charge in [-0.15, -0.1) is 0 Å². The summed E-state index contributed by atoms with van der Waals surface area (Å²) in [6.45, 7) is 2.48. The Morgan fingerprint density at radius 2 is 1.69 bits per heavy atom. The predicted molar refractivity (Wildman–Crippen MR) is 130 cm³/mol. The molecule has 3 N–H and O–H groups in total. The fourth-order valence-corrected chi connectivity index (χ4v) is 5.20. The molecule has 8 heteroatoms. The highest BCUT2D eigenvalue weighted by molar-refractivity contribution is 5.81. The van der Waals surface area contributed by atoms with Crippen LogP contribution in [0.1, 0.15) is 49.7 Å². The number of fused-ring (bicyclic) bond motifs is 3. The lowest BCUT2D eigenvalue weighted by Crippen LogP contribution is -2.46. The Kier molecular flexibility index (Phi) is 8.02. The first-order valence-corrected chi connectivity index (χ1v) is 12.2. The van der Waals surface area contributed by atoms with E-state index in [0.717, 1.165) is 28.7 Å². The van der Waals surface area contributed by atoms with E-state index in [1.54, 1.807) is 6.92 Å². The van der Waals surface area contributed by atoms with Crippen LogP contribution in [-0.2, 0) is 19.1 Å². The normalized spacial score (nSPS) is 19.5. The molecule has 186 valence electrons. The second kappa shape index (κ2) is 11.4. The molecule has 8 nitrogen and oxygen atoms in total. The van der Waals surface area contributed by atoms with Crippen molar-refractivity contribution < 1.29 is 29.0 Å². The zero-order valence-corrected chi connectivity index (χ0v) is 19.9. The molecule has 0 saturated heterocycles. The number of carboxylic acid groups (broad SMARTS) is 1. The Morgan fingerprint density at radius 1 is 1.03 bits per heavy atom. The van der Waals surface area contributed by atoms with Crippen LogP contribution in [0.4, 0.5) is 4.79 Å². The number of carboxylic acids is 1. The number of rotatable bonds is 10. The monoisotopic (exact) mass is 480 g/mol. The predicted octanol–water partition coefficient (Wildman–Crippen LogP) is 3.69. The van der Waals surface area contributed by atoms with Crippen LogP contribution in [0.5, 0.6) is 0 Å². The number of carbonyl (C=O) groups excluding carboxylic acids is 2. The maximum Gasteiger partial charge on any atom is 0.407 e. The number of hydrogen-bond donors (Lipinski definition) is 3. The minimum atomic E-state index is -0.978. The number of ether oxygens (including phenoxy) is 2. The molecule has 1 unspecified atom stereocenters. The Hall–Kier alpha value is -3.39. The van der Waals surface area contributed by atoms with Gasteiger partial charge in [0, 0.05) is 25.1 Å². The molecule has 2 amide bonds. The Labute approximate surface area is 205 Å². The van der Waals surface area contributed by atoms with E-state index in [-0.39, 0.29) is 43.4 Å². The molecular weight excluding hydrogens is 448 g/mol. The highest BCUT2D eigenvalue weighted by atomic mass is 16.5. The first-order valence-electron chi connectivity index (χ1n) is 12.2. The summed E-state index contributed by atoms with van der Waals surface area (Å²) in [6, 6.07) is 16.0. The third-order valence-corrected chi connectivity index (χ3v) is 6.81. The van der Waals surface area contributed by atoms with Gasteiger partial charge >= 0.3 is 12.1 Å². The van der Waals surface area contributed by atoms with Crippen molar-refractivity contribution in [3.63, 3.8) is 0 Å². The molecule has 3 atom stereocenters. The average molecular weight is 481 g/mol. The van der Waals surface area contributed by atoms with Crippen LogP contribution in [0.3, 0.4) is 0 Å². The Bertz CT molecular complexity index is 1030. The maximum atomic E-state index is 12.8. The maximum absolute atomic E-state index is 12.8. The van der Waals surface area contributed by atoms with Crippen molar-refractivity contribution in [1.29, 1.82) is 0 Å². The van der Waals surface area contributed by atoms with Gasteiger partial charge in [-0.05, 0) is 42.0 Å². The molecule has 0 spiro atoms. The van der Waals surface area contributed by atoms with Crippen molar-refractivity contribution in [2.75, 3.05) is 19.8 Å². The quantitative estimate of drug-likeness (QED) is 0.478. The number of carbonyl (C=O) groups is 3. The number of benzene rings is 2. The molecule has 4 rings (SSSR count). The smallest absolute Gasteiger partial charge is 0.407 e. The van der Waals surface area contributed by atoms with Crippen LogP contribution < -0.4 is 10.6 Å². The summed E-state index contributed by atoms with van der Waals surface area (Å²) in [7, 11) is 0. The van der Waals surface area contributed by atoms with Crippen molar-refractivity contribution in [2.45, 2.75) is 50.7 Å². The molecule has 35 heavy (non-hydrogen) atoms. The first kappa shape index (κ1) is 24.7. The lowest BCUT2D eigenvalue weighted by molar-refractivity contribution is -0.140. The second-order valence-corrected chi connectivity index (χ2v) is 9.03. The van der Waals surface area contributed by atoms with Crippen LogP contribution in [0.2, 0.25) is 0 Å². The number of alkyl carbamates (subject to hydrolysis) is 1. The van der Waals surface area contributed by atoms with Gasteiger partial charge in [-0.1, -0.05) is 55.0 Å². The number of aliphatic carboxylic acids is 1.